The van der Waals surface area contributed by atoms with E-state index in [1.165, 1.54) is 35.4 Å². The van der Waals surface area contributed by atoms with E-state index in [1.807, 2.05) is 6.92 Å². The molecule has 0 amide bonds. The summed E-state index contributed by atoms with van der Waals surface area (Å²) in [6.07, 6.45) is 3.51. The average molecular weight is 298 g/mol. The number of pyridine rings is 1. The minimum absolute atomic E-state index is 0.128. The van der Waals surface area contributed by atoms with Gasteiger partial charge in [-0.1, -0.05) is 6.92 Å². The number of carbonyl (C=O) groups is 1. The highest BCUT2D eigenvalue weighted by atomic mass is 16.3. The van der Waals surface area contributed by atoms with Crippen molar-refractivity contribution in [1.82, 2.24) is 9.55 Å². The molecule has 0 aliphatic carbocycles. The number of aryl methyl sites for hydroxylation is 1. The van der Waals surface area contributed by atoms with Gasteiger partial charge in [0.05, 0.1) is 5.56 Å². The van der Waals surface area contributed by atoms with Crippen LogP contribution in [0, 0.1) is 0 Å². The molecule has 0 aliphatic heterocycles. The third kappa shape index (κ3) is 2.28. The molecule has 22 heavy (non-hydrogen) atoms. The standard InChI is InChI=1S/C16H14N2O4/c1-2-7-18-8-10(3-6-13(18)19)15(20)11-4-5-12-14(16(11)21)17-9-22-12/h3-6,8-9,21H,2,7H2,1H3. The number of phenolic OH excluding ortho intramolecular Hbond substituents is 1. The predicted octanol–water partition coefficient (Wildman–Crippen LogP) is 2.34. The van der Waals surface area contributed by atoms with Crippen molar-refractivity contribution in [3.8, 4) is 5.75 Å². The van der Waals surface area contributed by atoms with Crippen molar-refractivity contribution in [2.24, 2.45) is 0 Å². The van der Waals surface area contributed by atoms with Crippen LogP contribution in [0.4, 0.5) is 0 Å². The van der Waals surface area contributed by atoms with Crippen LogP contribution in [-0.4, -0.2) is 20.4 Å². The van der Waals surface area contributed by atoms with Gasteiger partial charge in [-0.05, 0) is 24.6 Å². The fourth-order valence-electron chi connectivity index (χ4n) is 2.34. The van der Waals surface area contributed by atoms with Gasteiger partial charge in [-0.15, -0.1) is 0 Å². The smallest absolute Gasteiger partial charge is 0.250 e. The molecule has 6 heteroatoms. The van der Waals surface area contributed by atoms with Gasteiger partial charge < -0.3 is 14.1 Å². The van der Waals surface area contributed by atoms with Gasteiger partial charge in [0.25, 0.3) is 5.56 Å². The summed E-state index contributed by atoms with van der Waals surface area (Å²) in [6.45, 7) is 2.49. The summed E-state index contributed by atoms with van der Waals surface area (Å²) in [5.74, 6) is -0.586. The number of ketones is 1. The number of rotatable bonds is 4. The maximum atomic E-state index is 12.6. The van der Waals surface area contributed by atoms with Crippen molar-refractivity contribution in [1.29, 1.82) is 0 Å². The van der Waals surface area contributed by atoms with Gasteiger partial charge in [-0.2, -0.15) is 0 Å². The van der Waals surface area contributed by atoms with E-state index < -0.39 is 0 Å². The van der Waals surface area contributed by atoms with Gasteiger partial charge in [0.1, 0.15) is 0 Å². The Labute approximate surface area is 125 Å². The lowest BCUT2D eigenvalue weighted by Crippen LogP contribution is -2.20. The Balaban J connectivity index is 2.07. The van der Waals surface area contributed by atoms with E-state index in [-0.39, 0.29) is 28.2 Å². The van der Waals surface area contributed by atoms with E-state index in [4.69, 9.17) is 4.42 Å². The molecular formula is C16H14N2O4. The van der Waals surface area contributed by atoms with Crippen LogP contribution in [0.25, 0.3) is 11.1 Å². The second kappa shape index (κ2) is 5.48. The quantitative estimate of drug-likeness (QED) is 0.747. The van der Waals surface area contributed by atoms with E-state index in [2.05, 4.69) is 4.98 Å². The fourth-order valence-corrected chi connectivity index (χ4v) is 2.34. The van der Waals surface area contributed by atoms with Crippen molar-refractivity contribution < 1.29 is 14.3 Å². The van der Waals surface area contributed by atoms with Crippen molar-refractivity contribution in [2.45, 2.75) is 19.9 Å². The number of aromatic hydroxyl groups is 1. The third-order valence-corrected chi connectivity index (χ3v) is 3.43. The largest absolute Gasteiger partial charge is 0.505 e. The van der Waals surface area contributed by atoms with Crippen LogP contribution in [0.3, 0.4) is 0 Å². The number of oxazole rings is 1. The van der Waals surface area contributed by atoms with E-state index >= 15 is 0 Å². The van der Waals surface area contributed by atoms with Crippen LogP contribution >= 0.6 is 0 Å². The molecule has 0 saturated heterocycles. The van der Waals surface area contributed by atoms with Crippen LogP contribution in [0.5, 0.6) is 5.75 Å². The molecule has 6 nitrogen and oxygen atoms in total. The molecule has 0 saturated carbocycles. The Kier molecular flexibility index (Phi) is 3.50. The molecule has 0 fully saturated rings. The first-order valence-corrected chi connectivity index (χ1v) is 6.92. The topological polar surface area (TPSA) is 85.3 Å². The van der Waals surface area contributed by atoms with Crippen LogP contribution < -0.4 is 5.56 Å². The highest BCUT2D eigenvalue weighted by molar-refractivity contribution is 6.12. The zero-order valence-corrected chi connectivity index (χ0v) is 11.9. The molecule has 3 rings (SSSR count). The molecule has 0 aliphatic rings. The zero-order chi connectivity index (χ0) is 15.7. The molecule has 0 unspecified atom stereocenters. The summed E-state index contributed by atoms with van der Waals surface area (Å²) in [7, 11) is 0. The average Bonchev–Trinajstić information content (AvgIpc) is 2.99. The molecule has 0 bridgehead atoms. The first-order valence-electron chi connectivity index (χ1n) is 6.92. The fraction of sp³-hybridized carbons (Fsp3) is 0.188. The molecule has 0 radical (unpaired) electrons. The highest BCUT2D eigenvalue weighted by Gasteiger charge is 2.18. The zero-order valence-electron chi connectivity index (χ0n) is 11.9. The number of hydrogen-bond donors (Lipinski definition) is 1. The van der Waals surface area contributed by atoms with Gasteiger partial charge >= 0.3 is 0 Å². The lowest BCUT2D eigenvalue weighted by molar-refractivity contribution is 0.103. The summed E-state index contributed by atoms with van der Waals surface area (Å²) in [6, 6.07) is 5.88. The summed E-state index contributed by atoms with van der Waals surface area (Å²) < 4.78 is 6.56. The molecule has 0 spiro atoms. The summed E-state index contributed by atoms with van der Waals surface area (Å²) >= 11 is 0. The van der Waals surface area contributed by atoms with Gasteiger partial charge in [0.15, 0.2) is 29.0 Å². The second-order valence-corrected chi connectivity index (χ2v) is 4.94. The summed E-state index contributed by atoms with van der Waals surface area (Å²) in [5, 5.41) is 10.2. The van der Waals surface area contributed by atoms with E-state index in [0.29, 0.717) is 17.7 Å². The van der Waals surface area contributed by atoms with Gasteiger partial charge in [0.2, 0.25) is 0 Å². The van der Waals surface area contributed by atoms with Crippen molar-refractivity contribution in [3.05, 3.63) is 58.3 Å². The van der Waals surface area contributed by atoms with Crippen molar-refractivity contribution >= 4 is 16.9 Å². The summed E-state index contributed by atoms with van der Waals surface area (Å²) in [4.78, 5) is 28.2. The molecule has 2 heterocycles. The third-order valence-electron chi connectivity index (χ3n) is 3.43. The molecule has 0 atom stereocenters. The summed E-state index contributed by atoms with van der Waals surface area (Å²) in [5.41, 5.74) is 0.960. The molecule has 3 aromatic rings. The SMILES string of the molecule is CCCn1cc(C(=O)c2ccc3ocnc3c2O)ccc1=O. The number of aromatic nitrogens is 2. The number of carbonyl (C=O) groups excluding carboxylic acids is 1. The van der Waals surface area contributed by atoms with Gasteiger partial charge in [-0.25, -0.2) is 4.98 Å². The normalized spacial score (nSPS) is 11.0. The van der Waals surface area contributed by atoms with Crippen molar-refractivity contribution in [3.63, 3.8) is 0 Å². The number of benzene rings is 1. The Morgan fingerprint density at radius 2 is 2.14 bits per heavy atom. The van der Waals surface area contributed by atoms with Crippen LogP contribution in [0.15, 0.2) is 46.1 Å². The highest BCUT2D eigenvalue weighted by Crippen LogP contribution is 2.29. The maximum absolute atomic E-state index is 12.6. The molecule has 1 N–H and O–H groups in total. The number of phenols is 1. The molecule has 1 aromatic carbocycles. The predicted molar refractivity (Wildman–Crippen MR) is 80.1 cm³/mol. The Bertz CT molecular complexity index is 908. The Morgan fingerprint density at radius 3 is 2.91 bits per heavy atom. The Hall–Kier alpha value is -2.89. The minimum atomic E-state index is -0.368. The number of hydrogen-bond acceptors (Lipinski definition) is 5. The number of nitrogens with zero attached hydrogens (tertiary/aromatic N) is 2. The second-order valence-electron chi connectivity index (χ2n) is 4.94. The molecule has 112 valence electrons. The minimum Gasteiger partial charge on any atom is -0.505 e. The van der Waals surface area contributed by atoms with E-state index in [1.54, 1.807) is 6.07 Å². The van der Waals surface area contributed by atoms with E-state index in [9.17, 15) is 14.7 Å². The van der Waals surface area contributed by atoms with Gasteiger partial charge in [0, 0.05) is 24.4 Å². The lowest BCUT2D eigenvalue weighted by atomic mass is 10.0. The molecule has 2 aromatic heterocycles. The molecular weight excluding hydrogens is 284 g/mol. The van der Waals surface area contributed by atoms with E-state index in [0.717, 1.165) is 6.42 Å². The lowest BCUT2D eigenvalue weighted by Gasteiger charge is -2.07. The van der Waals surface area contributed by atoms with Crippen LogP contribution in [0.2, 0.25) is 0 Å². The van der Waals surface area contributed by atoms with Crippen LogP contribution in [-0.2, 0) is 6.54 Å². The number of fused-ring (bicyclic) bond motifs is 1. The monoisotopic (exact) mass is 298 g/mol. The maximum Gasteiger partial charge on any atom is 0.250 e. The first kappa shape index (κ1) is 14.1. The first-order chi connectivity index (χ1) is 10.6. The Morgan fingerprint density at radius 1 is 1.32 bits per heavy atom. The van der Waals surface area contributed by atoms with Gasteiger partial charge in [-0.3, -0.25) is 9.59 Å². The van der Waals surface area contributed by atoms with Crippen LogP contribution in [0.1, 0.15) is 29.3 Å². The van der Waals surface area contributed by atoms with Crippen molar-refractivity contribution in [2.75, 3.05) is 0 Å².